The van der Waals surface area contributed by atoms with Crippen LogP contribution in [0.1, 0.15) is 20.3 Å². The second kappa shape index (κ2) is 11.9. The Hall–Kier alpha value is -0.572. The summed E-state index contributed by atoms with van der Waals surface area (Å²) in [5, 5.41) is 0. The van der Waals surface area contributed by atoms with Crippen molar-refractivity contribution in [2.75, 3.05) is 6.61 Å². The number of rotatable bonds is 13. The van der Waals surface area contributed by atoms with Crippen molar-refractivity contribution >= 4 is 45.7 Å². The molecular weight excluding hydrogens is 453 g/mol. The summed E-state index contributed by atoms with van der Waals surface area (Å²) in [4.78, 5) is 23.1. The second-order valence-corrected chi connectivity index (χ2v) is 26.9. The molecule has 0 aromatic heterocycles. The Morgan fingerprint density at radius 2 is 1.23 bits per heavy atom. The van der Waals surface area contributed by atoms with Crippen molar-refractivity contribution in [3.05, 3.63) is 12.2 Å². The van der Waals surface area contributed by atoms with E-state index >= 15 is 0 Å². The van der Waals surface area contributed by atoms with E-state index in [1.54, 1.807) is 13.8 Å². The van der Waals surface area contributed by atoms with Crippen LogP contribution in [0.4, 0.5) is 0 Å². The molecule has 0 amide bonds. The van der Waals surface area contributed by atoms with Gasteiger partial charge in [0.2, 0.25) is 0 Å². The summed E-state index contributed by atoms with van der Waals surface area (Å²) < 4.78 is 29.6. The van der Waals surface area contributed by atoms with Gasteiger partial charge in [0.05, 0.1) is 12.7 Å². The topological polar surface area (TPSA) is 80.3 Å². The van der Waals surface area contributed by atoms with Crippen LogP contribution in [0.25, 0.3) is 0 Å². The molecule has 0 radical (unpaired) electrons. The highest BCUT2D eigenvalue weighted by Gasteiger charge is 2.46. The van der Waals surface area contributed by atoms with Gasteiger partial charge in [-0.15, -0.1) is 0 Å². The number of carbonyl (C=O) groups excluding carboxylic acids is 2. The Balaban J connectivity index is 4.69. The highest BCUT2D eigenvalue weighted by molar-refractivity contribution is 6.89. The van der Waals surface area contributed by atoms with E-state index in [-0.39, 0.29) is 12.7 Å². The second-order valence-electron chi connectivity index (χ2n) is 10.2. The molecule has 0 heterocycles. The van der Waals surface area contributed by atoms with Crippen molar-refractivity contribution in [3.8, 4) is 0 Å². The van der Waals surface area contributed by atoms with E-state index in [9.17, 15) is 9.59 Å². The third kappa shape index (κ3) is 16.2. The van der Waals surface area contributed by atoms with Crippen LogP contribution in [-0.2, 0) is 31.4 Å². The molecule has 0 rings (SSSR count). The van der Waals surface area contributed by atoms with Crippen LogP contribution in [0.3, 0.4) is 0 Å². The van der Waals surface area contributed by atoms with Gasteiger partial charge in [-0.3, -0.25) is 0 Å². The molecule has 0 atom stereocenters. The fraction of sp³-hybridized carbons (Fsp3) is 0.789. The number of hydrogen-bond donors (Lipinski definition) is 0. The van der Waals surface area contributed by atoms with Crippen LogP contribution in [0.15, 0.2) is 12.2 Å². The van der Waals surface area contributed by atoms with Crippen molar-refractivity contribution in [2.24, 2.45) is 0 Å². The fourth-order valence-electron chi connectivity index (χ4n) is 2.85. The molecule has 0 aliphatic heterocycles. The summed E-state index contributed by atoms with van der Waals surface area (Å²) >= 11 is 0. The largest absolute Gasteiger partial charge is 0.466 e. The first-order valence-corrected chi connectivity index (χ1v) is 22.6. The number of esters is 2. The molecule has 0 bridgehead atoms. The first kappa shape index (κ1) is 29.4. The smallest absolute Gasteiger partial charge is 0.463 e. The summed E-state index contributed by atoms with van der Waals surface area (Å²) in [5.41, 5.74) is 0. The molecule has 30 heavy (non-hydrogen) atoms. The molecule has 0 aliphatic carbocycles. The van der Waals surface area contributed by atoms with Gasteiger partial charge in [0.15, 0.2) is 25.0 Å². The molecule has 0 aliphatic rings. The lowest BCUT2D eigenvalue weighted by atomic mass is 10.4. The van der Waals surface area contributed by atoms with Gasteiger partial charge in [0, 0.05) is 18.7 Å². The Kier molecular flexibility index (Phi) is 11.7. The molecule has 0 spiro atoms. The number of hydrogen-bond acceptors (Lipinski definition) is 7. The van der Waals surface area contributed by atoms with Crippen molar-refractivity contribution in [3.63, 3.8) is 0 Å². The van der Waals surface area contributed by atoms with E-state index in [2.05, 4.69) is 52.4 Å². The van der Waals surface area contributed by atoms with Crippen LogP contribution in [0.2, 0.25) is 65.0 Å². The summed E-state index contributed by atoms with van der Waals surface area (Å²) in [6.07, 6.45) is 2.63. The predicted molar refractivity (Wildman–Crippen MR) is 130 cm³/mol. The maximum atomic E-state index is 11.7. The van der Waals surface area contributed by atoms with E-state index in [1.165, 1.54) is 0 Å². The standard InChI is InChI=1S/C19H42O7Si4/c1-17(2)23-19(21)14-13-18(20)22-15-12-16-29(9,10)26-30(11,24-27(3,4)5)25-28(6,7)8/h13-14,17H,12,15-16H2,1-11H3/b14-13+. The third-order valence-electron chi connectivity index (χ3n) is 3.32. The summed E-state index contributed by atoms with van der Waals surface area (Å²) in [5.74, 6) is -1.11. The molecule has 0 saturated heterocycles. The zero-order chi connectivity index (χ0) is 23.8. The van der Waals surface area contributed by atoms with Crippen LogP contribution in [0.5, 0.6) is 0 Å². The van der Waals surface area contributed by atoms with Crippen molar-refractivity contribution < 1.29 is 31.4 Å². The SMILES string of the molecule is CC(C)OC(=O)/C=C/C(=O)OCCC[Si](C)(C)O[Si](C)(O[Si](C)(C)C)O[Si](C)(C)C. The number of carbonyl (C=O) groups is 2. The normalized spacial score (nSPS) is 13.7. The first-order valence-electron chi connectivity index (χ1n) is 10.5. The maximum absolute atomic E-state index is 11.7. The van der Waals surface area contributed by atoms with E-state index in [0.29, 0.717) is 6.42 Å². The Morgan fingerprint density at radius 1 is 0.767 bits per heavy atom. The molecule has 0 saturated carbocycles. The lowest BCUT2D eigenvalue weighted by molar-refractivity contribution is -0.142. The minimum atomic E-state index is -2.76. The van der Waals surface area contributed by atoms with Crippen LogP contribution in [0, 0.1) is 0 Å². The van der Waals surface area contributed by atoms with E-state index in [4.69, 9.17) is 21.8 Å². The molecule has 0 fully saturated rings. The summed E-state index contributed by atoms with van der Waals surface area (Å²) in [6, 6.07) is 0.812. The van der Waals surface area contributed by atoms with Crippen LogP contribution < -0.4 is 0 Å². The van der Waals surface area contributed by atoms with Gasteiger partial charge in [0.1, 0.15) is 0 Å². The Labute approximate surface area is 187 Å². The van der Waals surface area contributed by atoms with E-state index in [0.717, 1.165) is 18.2 Å². The lowest BCUT2D eigenvalue weighted by Gasteiger charge is -2.41. The summed E-state index contributed by atoms with van der Waals surface area (Å²) in [7, 11) is -8.52. The third-order valence-corrected chi connectivity index (χ3v) is 16.4. The average Bonchev–Trinajstić information content (AvgIpc) is 2.43. The van der Waals surface area contributed by atoms with Crippen LogP contribution in [-0.4, -0.2) is 58.4 Å². The van der Waals surface area contributed by atoms with Gasteiger partial charge in [-0.05, 0) is 78.7 Å². The highest BCUT2D eigenvalue weighted by atomic mass is 28.5. The van der Waals surface area contributed by atoms with E-state index < -0.39 is 45.7 Å². The molecule has 0 aromatic carbocycles. The molecule has 176 valence electrons. The molecule has 0 aromatic rings. The fourth-order valence-corrected chi connectivity index (χ4v) is 18.8. The van der Waals surface area contributed by atoms with Gasteiger partial charge in [-0.25, -0.2) is 9.59 Å². The number of ether oxygens (including phenoxy) is 2. The first-order chi connectivity index (χ1) is 13.3. The molecule has 0 N–H and O–H groups in total. The van der Waals surface area contributed by atoms with Crippen molar-refractivity contribution in [1.29, 1.82) is 0 Å². The van der Waals surface area contributed by atoms with Gasteiger partial charge in [0.25, 0.3) is 0 Å². The zero-order valence-corrected chi connectivity index (χ0v) is 24.7. The zero-order valence-electron chi connectivity index (χ0n) is 20.7. The van der Waals surface area contributed by atoms with E-state index in [1.807, 2.05) is 6.55 Å². The minimum Gasteiger partial charge on any atom is -0.463 e. The van der Waals surface area contributed by atoms with Crippen molar-refractivity contribution in [2.45, 2.75) is 91.3 Å². The quantitative estimate of drug-likeness (QED) is 0.155. The maximum Gasteiger partial charge on any atom is 0.466 e. The molecule has 0 unspecified atom stereocenters. The van der Waals surface area contributed by atoms with Gasteiger partial charge in [-0.1, -0.05) is 0 Å². The lowest BCUT2D eigenvalue weighted by Crippen LogP contribution is -2.59. The molecular formula is C19H42O7Si4. The van der Waals surface area contributed by atoms with Gasteiger partial charge < -0.3 is 21.8 Å². The highest BCUT2D eigenvalue weighted by Crippen LogP contribution is 2.27. The average molecular weight is 495 g/mol. The summed E-state index contributed by atoms with van der Waals surface area (Å²) in [6.45, 7) is 22.9. The predicted octanol–water partition coefficient (Wildman–Crippen LogP) is 4.92. The van der Waals surface area contributed by atoms with Crippen LogP contribution >= 0.6 is 0 Å². The monoisotopic (exact) mass is 494 g/mol. The molecule has 7 nitrogen and oxygen atoms in total. The Morgan fingerprint density at radius 3 is 1.67 bits per heavy atom. The van der Waals surface area contributed by atoms with Crippen molar-refractivity contribution in [1.82, 2.24) is 0 Å². The Bertz CT molecular complexity index is 577. The van der Waals surface area contributed by atoms with Gasteiger partial charge in [-0.2, -0.15) is 0 Å². The molecule has 11 heteroatoms. The van der Waals surface area contributed by atoms with Gasteiger partial charge >= 0.3 is 20.7 Å². The minimum absolute atomic E-state index is 0.227.